The predicted octanol–water partition coefficient (Wildman–Crippen LogP) is 15.5. The van der Waals surface area contributed by atoms with Crippen molar-refractivity contribution >= 4 is 21.8 Å². The molecule has 0 saturated heterocycles. The zero-order chi connectivity index (χ0) is 43.0. The first-order chi connectivity index (χ1) is 31.6. The van der Waals surface area contributed by atoms with Gasteiger partial charge in [0.15, 0.2) is 17.5 Å². The van der Waals surface area contributed by atoms with Gasteiger partial charge in [0.25, 0.3) is 0 Å². The van der Waals surface area contributed by atoms with Crippen molar-refractivity contribution in [2.45, 2.75) is 20.3 Å². The van der Waals surface area contributed by atoms with E-state index in [0.717, 1.165) is 51.1 Å². The van der Waals surface area contributed by atoms with Crippen molar-refractivity contribution in [1.29, 1.82) is 0 Å². The van der Waals surface area contributed by atoms with Gasteiger partial charge in [0.1, 0.15) is 0 Å². The molecule has 0 fully saturated rings. The van der Waals surface area contributed by atoms with Gasteiger partial charge in [0.2, 0.25) is 0 Å². The third-order valence-corrected chi connectivity index (χ3v) is 12.4. The summed E-state index contributed by atoms with van der Waals surface area (Å²) in [7, 11) is 0. The van der Waals surface area contributed by atoms with Gasteiger partial charge in [-0.25, -0.2) is 15.0 Å². The van der Waals surface area contributed by atoms with Gasteiger partial charge in [-0.2, -0.15) is 0 Å². The Labute approximate surface area is 373 Å². The summed E-state index contributed by atoms with van der Waals surface area (Å²) in [6.45, 7) is 4.44. The van der Waals surface area contributed by atoms with Crippen molar-refractivity contribution < 1.29 is 0 Å². The van der Waals surface area contributed by atoms with Gasteiger partial charge in [0, 0.05) is 33.2 Å². The summed E-state index contributed by atoms with van der Waals surface area (Å²) in [6, 6.07) is 77.7. The third kappa shape index (κ3) is 7.25. The molecule has 0 amide bonds. The van der Waals surface area contributed by atoms with Gasteiger partial charge in [-0.05, 0) is 130 Å². The Hall–Kier alpha value is -8.21. The Morgan fingerprint density at radius 1 is 0.344 bits per heavy atom. The highest BCUT2D eigenvalue weighted by Gasteiger charge is 2.18. The topological polar surface area (TPSA) is 43.6 Å². The third-order valence-electron chi connectivity index (χ3n) is 12.4. The zero-order valence-electron chi connectivity index (χ0n) is 35.8. The van der Waals surface area contributed by atoms with Gasteiger partial charge in [-0.15, -0.1) is 0 Å². The van der Waals surface area contributed by atoms with Crippen LogP contribution in [0.25, 0.3) is 106 Å². The minimum atomic E-state index is 0.633. The molecule has 11 aromatic rings. The number of aryl methyl sites for hydroxylation is 2. The van der Waals surface area contributed by atoms with E-state index in [1.807, 2.05) is 18.2 Å². The summed E-state index contributed by atoms with van der Waals surface area (Å²) in [5.41, 5.74) is 18.2. The van der Waals surface area contributed by atoms with Gasteiger partial charge in [-0.3, -0.25) is 0 Å². The molecule has 9 aromatic carbocycles. The Morgan fingerprint density at radius 3 is 1.50 bits per heavy atom. The Balaban J connectivity index is 1.01. The van der Waals surface area contributed by atoms with E-state index in [2.05, 4.69) is 219 Å². The number of hydrogen-bond donors (Lipinski definition) is 0. The highest BCUT2D eigenvalue weighted by atomic mass is 15.0. The monoisotopic (exact) mass is 820 g/mol. The molecule has 2 heterocycles. The molecule has 4 nitrogen and oxygen atoms in total. The number of fused-ring (bicyclic) bond motifs is 3. The van der Waals surface area contributed by atoms with E-state index >= 15 is 0 Å². The van der Waals surface area contributed by atoms with E-state index in [4.69, 9.17) is 15.0 Å². The van der Waals surface area contributed by atoms with Crippen LogP contribution >= 0.6 is 0 Å². The molecule has 0 atom stereocenters. The maximum Gasteiger partial charge on any atom is 0.164 e. The molecule has 0 aliphatic carbocycles. The van der Waals surface area contributed by atoms with Gasteiger partial charge in [0.05, 0.1) is 11.0 Å². The summed E-state index contributed by atoms with van der Waals surface area (Å²) < 4.78 is 2.37. The number of nitrogens with zero attached hydrogens (tertiary/aromatic N) is 4. The summed E-state index contributed by atoms with van der Waals surface area (Å²) >= 11 is 0. The lowest BCUT2D eigenvalue weighted by Crippen LogP contribution is -2.01. The van der Waals surface area contributed by atoms with Crippen LogP contribution in [0.3, 0.4) is 0 Å². The van der Waals surface area contributed by atoms with Crippen LogP contribution in [0.5, 0.6) is 0 Å². The number of aromatic nitrogens is 4. The molecule has 2 aromatic heterocycles. The first kappa shape index (κ1) is 38.7. The molecule has 0 saturated carbocycles. The molecule has 0 aliphatic heterocycles. The highest BCUT2D eigenvalue weighted by Crippen LogP contribution is 2.39. The van der Waals surface area contributed by atoms with E-state index in [1.165, 1.54) is 55.2 Å². The highest BCUT2D eigenvalue weighted by molar-refractivity contribution is 6.10. The lowest BCUT2D eigenvalue weighted by atomic mass is 9.90. The summed E-state index contributed by atoms with van der Waals surface area (Å²) in [5.74, 6) is 1.92. The van der Waals surface area contributed by atoms with Crippen LogP contribution in [0, 0.1) is 6.92 Å². The number of rotatable bonds is 9. The summed E-state index contributed by atoms with van der Waals surface area (Å²) in [5, 5.41) is 2.49. The molecule has 4 heteroatoms. The molecule has 0 aliphatic rings. The lowest BCUT2D eigenvalue weighted by Gasteiger charge is -2.16. The van der Waals surface area contributed by atoms with Gasteiger partial charge in [-0.1, -0.05) is 165 Å². The maximum atomic E-state index is 5.26. The number of benzene rings is 9. The second-order valence-corrected chi connectivity index (χ2v) is 16.4. The fourth-order valence-electron chi connectivity index (χ4n) is 9.09. The number of hydrogen-bond acceptors (Lipinski definition) is 3. The largest absolute Gasteiger partial charge is 0.309 e. The first-order valence-corrected chi connectivity index (χ1v) is 22.0. The molecule has 0 unspecified atom stereocenters. The zero-order valence-corrected chi connectivity index (χ0v) is 35.8. The normalized spacial score (nSPS) is 11.3. The summed E-state index contributed by atoms with van der Waals surface area (Å²) in [4.78, 5) is 15.6. The molecule has 11 rings (SSSR count). The Kier molecular flexibility index (Phi) is 10.0. The van der Waals surface area contributed by atoms with E-state index in [0.29, 0.717) is 17.5 Å². The van der Waals surface area contributed by atoms with Crippen molar-refractivity contribution in [3.63, 3.8) is 0 Å². The Morgan fingerprint density at radius 2 is 0.844 bits per heavy atom. The van der Waals surface area contributed by atoms with Gasteiger partial charge < -0.3 is 4.57 Å². The molecule has 0 bridgehead atoms. The molecule has 0 spiro atoms. The maximum absolute atomic E-state index is 5.26. The average molecular weight is 821 g/mol. The quantitative estimate of drug-likeness (QED) is 0.146. The Bertz CT molecular complexity index is 3410. The molecular weight excluding hydrogens is 777 g/mol. The SMILES string of the molecule is CCc1cc(-c2nc(-c3ccccc3)nc(-c3cc(-c4ccccc4)cc(-c4ccccc4)c3)n2)ccc1-c1cc(-c2ccc3c(c2)c2ccccc2n3-c2ccccc2)ccc1C. The van der Waals surface area contributed by atoms with E-state index in [9.17, 15) is 0 Å². The average Bonchev–Trinajstić information content (AvgIpc) is 3.71. The van der Waals surface area contributed by atoms with Crippen LogP contribution in [-0.4, -0.2) is 19.5 Å². The number of para-hydroxylation sites is 2. The van der Waals surface area contributed by atoms with Crippen molar-refractivity contribution in [3.8, 4) is 84.4 Å². The van der Waals surface area contributed by atoms with Crippen LogP contribution in [0.15, 0.2) is 218 Å². The van der Waals surface area contributed by atoms with E-state index in [1.54, 1.807) is 0 Å². The van der Waals surface area contributed by atoms with Crippen molar-refractivity contribution in [3.05, 3.63) is 230 Å². The van der Waals surface area contributed by atoms with Crippen molar-refractivity contribution in [2.75, 3.05) is 0 Å². The van der Waals surface area contributed by atoms with Crippen molar-refractivity contribution in [1.82, 2.24) is 19.5 Å². The standard InChI is InChI=1S/C60H44N4/c1-3-41-34-47(30-32-52(41)54-38-45(29-28-40(54)2)46-31-33-57-55(39-46)53-26-16-17-27-56(53)64(57)51-24-14-7-15-25-51)59-61-58(44-22-12-6-13-23-44)62-60(63-59)50-36-48(42-18-8-4-9-19-42)35-49(37-50)43-20-10-5-11-21-43/h4-39H,3H2,1-2H3. The smallest absolute Gasteiger partial charge is 0.164 e. The molecule has 64 heavy (non-hydrogen) atoms. The van der Waals surface area contributed by atoms with Crippen LogP contribution in [0.1, 0.15) is 18.1 Å². The molecule has 0 N–H and O–H groups in total. The second-order valence-electron chi connectivity index (χ2n) is 16.4. The first-order valence-electron chi connectivity index (χ1n) is 22.0. The minimum absolute atomic E-state index is 0.633. The molecular formula is C60H44N4. The van der Waals surface area contributed by atoms with Crippen LogP contribution < -0.4 is 0 Å². The second kappa shape index (κ2) is 16.6. The van der Waals surface area contributed by atoms with Gasteiger partial charge >= 0.3 is 0 Å². The van der Waals surface area contributed by atoms with Crippen LogP contribution in [0.4, 0.5) is 0 Å². The van der Waals surface area contributed by atoms with Crippen molar-refractivity contribution in [2.24, 2.45) is 0 Å². The lowest BCUT2D eigenvalue weighted by molar-refractivity contribution is 1.07. The van der Waals surface area contributed by atoms with E-state index < -0.39 is 0 Å². The van der Waals surface area contributed by atoms with Crippen LogP contribution in [0.2, 0.25) is 0 Å². The fraction of sp³-hybridized carbons (Fsp3) is 0.0500. The minimum Gasteiger partial charge on any atom is -0.309 e. The summed E-state index contributed by atoms with van der Waals surface area (Å²) in [6.07, 6.45) is 0.848. The van der Waals surface area contributed by atoms with Crippen LogP contribution in [-0.2, 0) is 6.42 Å². The van der Waals surface area contributed by atoms with E-state index in [-0.39, 0.29) is 0 Å². The predicted molar refractivity (Wildman–Crippen MR) is 266 cm³/mol. The molecule has 0 radical (unpaired) electrons. The fourth-order valence-corrected chi connectivity index (χ4v) is 9.09. The molecule has 304 valence electrons.